The number of rotatable bonds is 5. The van der Waals surface area contributed by atoms with Gasteiger partial charge in [-0.15, -0.1) is 0 Å². The highest BCUT2D eigenvalue weighted by Crippen LogP contribution is 2.23. The summed E-state index contributed by atoms with van der Waals surface area (Å²) in [5.74, 6) is 0.805. The number of benzene rings is 1. The standard InChI is InChI=1S/C17H22N4O2/c1-2-9-23-16-7-3-5-14(10-16)17(22)20-8-4-6-15(11-20)21-13-18-12-19-21/h3,5,7,10,12-13,15H,2,4,6,8-9,11H2,1H3. The lowest BCUT2D eigenvalue weighted by Gasteiger charge is -2.32. The Kier molecular flexibility index (Phi) is 4.90. The van der Waals surface area contributed by atoms with E-state index < -0.39 is 0 Å². The van der Waals surface area contributed by atoms with E-state index in [1.165, 1.54) is 6.33 Å². The molecule has 0 bridgehead atoms. The minimum atomic E-state index is 0.0526. The van der Waals surface area contributed by atoms with Crippen molar-refractivity contribution < 1.29 is 9.53 Å². The Morgan fingerprint density at radius 2 is 2.35 bits per heavy atom. The second-order valence-corrected chi connectivity index (χ2v) is 5.80. The number of piperidine rings is 1. The van der Waals surface area contributed by atoms with Gasteiger partial charge in [-0.2, -0.15) is 5.10 Å². The normalized spacial score (nSPS) is 18.0. The highest BCUT2D eigenvalue weighted by atomic mass is 16.5. The second kappa shape index (κ2) is 7.26. The Morgan fingerprint density at radius 3 is 3.13 bits per heavy atom. The van der Waals surface area contributed by atoms with E-state index in [4.69, 9.17) is 4.74 Å². The third-order valence-electron chi connectivity index (χ3n) is 4.05. The summed E-state index contributed by atoms with van der Waals surface area (Å²) in [6, 6.07) is 7.64. The van der Waals surface area contributed by atoms with E-state index in [1.54, 1.807) is 6.33 Å². The Bertz CT molecular complexity index is 642. The molecule has 1 fully saturated rings. The van der Waals surface area contributed by atoms with Gasteiger partial charge >= 0.3 is 0 Å². The predicted octanol–water partition coefficient (Wildman–Crippen LogP) is 2.54. The van der Waals surface area contributed by atoms with E-state index in [0.29, 0.717) is 18.7 Å². The molecule has 1 saturated heterocycles. The summed E-state index contributed by atoms with van der Waals surface area (Å²) in [5.41, 5.74) is 0.679. The molecule has 1 aromatic heterocycles. The van der Waals surface area contributed by atoms with Crippen LogP contribution in [0.4, 0.5) is 0 Å². The van der Waals surface area contributed by atoms with Crippen molar-refractivity contribution in [3.8, 4) is 5.75 Å². The van der Waals surface area contributed by atoms with Gasteiger partial charge in [0.1, 0.15) is 18.4 Å². The zero-order chi connectivity index (χ0) is 16.1. The molecule has 1 amide bonds. The first-order valence-electron chi connectivity index (χ1n) is 8.14. The van der Waals surface area contributed by atoms with Crippen LogP contribution >= 0.6 is 0 Å². The molecule has 0 N–H and O–H groups in total. The minimum Gasteiger partial charge on any atom is -0.494 e. The van der Waals surface area contributed by atoms with Gasteiger partial charge in [-0.25, -0.2) is 9.67 Å². The van der Waals surface area contributed by atoms with Crippen LogP contribution in [0, 0.1) is 0 Å². The van der Waals surface area contributed by atoms with Gasteiger partial charge in [0.15, 0.2) is 0 Å². The molecule has 1 aliphatic heterocycles. The van der Waals surface area contributed by atoms with Crippen LogP contribution in [0.15, 0.2) is 36.9 Å². The fraction of sp³-hybridized carbons (Fsp3) is 0.471. The van der Waals surface area contributed by atoms with Crippen LogP contribution < -0.4 is 4.74 Å². The average molecular weight is 314 g/mol. The van der Waals surface area contributed by atoms with Gasteiger partial charge < -0.3 is 9.64 Å². The lowest BCUT2D eigenvalue weighted by molar-refractivity contribution is 0.0672. The summed E-state index contributed by atoms with van der Waals surface area (Å²) in [6.07, 6.45) is 6.20. The molecule has 2 heterocycles. The van der Waals surface area contributed by atoms with Crippen LogP contribution in [-0.2, 0) is 0 Å². The molecule has 0 spiro atoms. The lowest BCUT2D eigenvalue weighted by Crippen LogP contribution is -2.40. The van der Waals surface area contributed by atoms with Crippen LogP contribution in [0.3, 0.4) is 0 Å². The third kappa shape index (κ3) is 3.70. The first-order chi connectivity index (χ1) is 11.3. The first-order valence-corrected chi connectivity index (χ1v) is 8.14. The van der Waals surface area contributed by atoms with E-state index in [9.17, 15) is 4.79 Å². The van der Waals surface area contributed by atoms with Gasteiger partial charge in [0.25, 0.3) is 5.91 Å². The van der Waals surface area contributed by atoms with Gasteiger partial charge in [0.2, 0.25) is 0 Å². The number of amides is 1. The number of hydrogen-bond acceptors (Lipinski definition) is 4. The number of nitrogens with zero attached hydrogens (tertiary/aromatic N) is 4. The Hall–Kier alpha value is -2.37. The minimum absolute atomic E-state index is 0.0526. The zero-order valence-electron chi connectivity index (χ0n) is 13.4. The van der Waals surface area contributed by atoms with Crippen molar-refractivity contribution in [2.45, 2.75) is 32.2 Å². The first kappa shape index (κ1) is 15.5. The topological polar surface area (TPSA) is 60.2 Å². The molecule has 122 valence electrons. The number of carbonyl (C=O) groups excluding carboxylic acids is 1. The Balaban J connectivity index is 1.69. The summed E-state index contributed by atoms with van der Waals surface area (Å²) in [5, 5.41) is 4.20. The smallest absolute Gasteiger partial charge is 0.254 e. The molecule has 0 aliphatic carbocycles. The monoisotopic (exact) mass is 314 g/mol. The molecular formula is C17H22N4O2. The number of likely N-dealkylation sites (tertiary alicyclic amines) is 1. The largest absolute Gasteiger partial charge is 0.494 e. The maximum Gasteiger partial charge on any atom is 0.254 e. The molecule has 2 aromatic rings. The van der Waals surface area contributed by atoms with Crippen LogP contribution in [0.5, 0.6) is 5.75 Å². The second-order valence-electron chi connectivity index (χ2n) is 5.80. The molecule has 1 aromatic carbocycles. The van der Waals surface area contributed by atoms with E-state index in [0.717, 1.165) is 31.6 Å². The molecule has 1 atom stereocenters. The van der Waals surface area contributed by atoms with Crippen molar-refractivity contribution in [3.05, 3.63) is 42.5 Å². The van der Waals surface area contributed by atoms with Crippen molar-refractivity contribution in [2.24, 2.45) is 0 Å². The van der Waals surface area contributed by atoms with Crippen LogP contribution in [-0.4, -0.2) is 45.3 Å². The molecular weight excluding hydrogens is 292 g/mol. The molecule has 3 rings (SSSR count). The maximum absolute atomic E-state index is 12.8. The van der Waals surface area contributed by atoms with Gasteiger partial charge in [0.05, 0.1) is 12.6 Å². The van der Waals surface area contributed by atoms with E-state index in [2.05, 4.69) is 17.0 Å². The van der Waals surface area contributed by atoms with Gasteiger partial charge in [-0.1, -0.05) is 13.0 Å². The van der Waals surface area contributed by atoms with Crippen LogP contribution in [0.1, 0.15) is 42.6 Å². The number of carbonyl (C=O) groups is 1. The summed E-state index contributed by atoms with van der Waals surface area (Å²) < 4.78 is 7.47. The van der Waals surface area contributed by atoms with E-state index in [1.807, 2.05) is 33.8 Å². The molecule has 1 unspecified atom stereocenters. The van der Waals surface area contributed by atoms with Crippen molar-refractivity contribution >= 4 is 5.91 Å². The fourth-order valence-corrected chi connectivity index (χ4v) is 2.88. The van der Waals surface area contributed by atoms with Crippen LogP contribution in [0.2, 0.25) is 0 Å². The van der Waals surface area contributed by atoms with Crippen LogP contribution in [0.25, 0.3) is 0 Å². The Labute approximate surface area is 136 Å². The van der Waals surface area contributed by atoms with Gasteiger partial charge in [0, 0.05) is 18.7 Å². The van der Waals surface area contributed by atoms with Crippen molar-refractivity contribution in [2.75, 3.05) is 19.7 Å². The number of ether oxygens (including phenoxy) is 1. The third-order valence-corrected chi connectivity index (χ3v) is 4.05. The summed E-state index contributed by atoms with van der Waals surface area (Å²) in [6.45, 7) is 4.18. The highest BCUT2D eigenvalue weighted by molar-refractivity contribution is 5.94. The fourth-order valence-electron chi connectivity index (χ4n) is 2.88. The highest BCUT2D eigenvalue weighted by Gasteiger charge is 2.26. The molecule has 0 saturated carbocycles. The zero-order valence-corrected chi connectivity index (χ0v) is 13.4. The number of hydrogen-bond donors (Lipinski definition) is 0. The van der Waals surface area contributed by atoms with E-state index >= 15 is 0 Å². The predicted molar refractivity (Wildman–Crippen MR) is 86.4 cm³/mol. The summed E-state index contributed by atoms with van der Waals surface area (Å²) in [7, 11) is 0. The maximum atomic E-state index is 12.8. The summed E-state index contributed by atoms with van der Waals surface area (Å²) in [4.78, 5) is 18.7. The molecule has 0 radical (unpaired) electrons. The Morgan fingerprint density at radius 1 is 1.43 bits per heavy atom. The quantitative estimate of drug-likeness (QED) is 0.851. The SMILES string of the molecule is CCCOc1cccc(C(=O)N2CCCC(n3cncn3)C2)c1. The van der Waals surface area contributed by atoms with Crippen molar-refractivity contribution in [1.82, 2.24) is 19.7 Å². The average Bonchev–Trinajstić information content (AvgIpc) is 3.14. The summed E-state index contributed by atoms with van der Waals surface area (Å²) >= 11 is 0. The van der Waals surface area contributed by atoms with Gasteiger partial charge in [-0.3, -0.25) is 4.79 Å². The molecule has 6 nitrogen and oxygen atoms in total. The van der Waals surface area contributed by atoms with Gasteiger partial charge in [-0.05, 0) is 37.5 Å². The van der Waals surface area contributed by atoms with E-state index in [-0.39, 0.29) is 11.9 Å². The number of aromatic nitrogens is 3. The van der Waals surface area contributed by atoms with Crippen molar-refractivity contribution in [3.63, 3.8) is 0 Å². The molecule has 23 heavy (non-hydrogen) atoms. The van der Waals surface area contributed by atoms with Crippen molar-refractivity contribution in [1.29, 1.82) is 0 Å². The molecule has 6 heteroatoms. The lowest BCUT2D eigenvalue weighted by atomic mass is 10.0. The molecule has 1 aliphatic rings.